The van der Waals surface area contributed by atoms with E-state index >= 15 is 0 Å². The van der Waals surface area contributed by atoms with Crippen molar-refractivity contribution in [2.75, 3.05) is 14.2 Å². The van der Waals surface area contributed by atoms with Gasteiger partial charge in [0.25, 0.3) is 5.91 Å². The van der Waals surface area contributed by atoms with Gasteiger partial charge in [0.1, 0.15) is 5.57 Å². The lowest BCUT2D eigenvalue weighted by molar-refractivity contribution is -0.164. The number of methoxy groups -OCH3 is 2. The Kier molecular flexibility index (Phi) is 5.36. The Morgan fingerprint density at radius 1 is 0.909 bits per heavy atom. The molecule has 1 aliphatic carbocycles. The molecule has 172 valence electrons. The standard InChI is InChI=1S/C25H26N2O6/c1-13(2)26(14(3)4)27-22(29)19(23(30)32-5)20(24(31)33-6)25(27)17-12-8-10-15-9-7-11-16(18(15)17)21(25)28/h7-14H,1-6H3. The quantitative estimate of drug-likeness (QED) is 0.511. The lowest BCUT2D eigenvalue weighted by Crippen LogP contribution is -2.62. The van der Waals surface area contributed by atoms with Crippen molar-refractivity contribution in [1.29, 1.82) is 0 Å². The molecule has 1 unspecified atom stereocenters. The van der Waals surface area contributed by atoms with E-state index in [0.717, 1.165) is 19.6 Å². The zero-order chi connectivity index (χ0) is 24.2. The zero-order valence-corrected chi connectivity index (χ0v) is 19.5. The predicted molar refractivity (Wildman–Crippen MR) is 120 cm³/mol. The molecule has 2 aliphatic rings. The summed E-state index contributed by atoms with van der Waals surface area (Å²) in [4.78, 5) is 54.3. The summed E-state index contributed by atoms with van der Waals surface area (Å²) in [5.74, 6) is -3.17. The SMILES string of the molecule is COC(=O)C1=C(C(=O)OC)C2(C(=O)c3cccc4cccc2c34)N(N(C(C)C)C(C)C)C1=O. The average molecular weight is 450 g/mol. The molecule has 0 aromatic heterocycles. The van der Waals surface area contributed by atoms with Gasteiger partial charge in [0.2, 0.25) is 0 Å². The number of esters is 2. The van der Waals surface area contributed by atoms with Crippen LogP contribution in [-0.4, -0.2) is 60.0 Å². The van der Waals surface area contributed by atoms with Crippen LogP contribution in [0.2, 0.25) is 0 Å². The smallest absolute Gasteiger partial charge is 0.344 e. The second-order valence-corrected chi connectivity index (χ2v) is 8.67. The van der Waals surface area contributed by atoms with E-state index in [1.54, 1.807) is 29.3 Å². The third kappa shape index (κ3) is 2.80. The third-order valence-electron chi connectivity index (χ3n) is 6.27. The van der Waals surface area contributed by atoms with Gasteiger partial charge in [-0.05, 0) is 38.5 Å². The first-order chi connectivity index (χ1) is 15.6. The largest absolute Gasteiger partial charge is 0.466 e. The van der Waals surface area contributed by atoms with Crippen LogP contribution in [0.5, 0.6) is 0 Å². The first-order valence-electron chi connectivity index (χ1n) is 10.8. The van der Waals surface area contributed by atoms with E-state index in [9.17, 15) is 19.2 Å². The molecule has 4 rings (SSSR count). The Hall–Kier alpha value is -3.52. The van der Waals surface area contributed by atoms with Crippen molar-refractivity contribution in [3.8, 4) is 0 Å². The first-order valence-corrected chi connectivity index (χ1v) is 10.8. The summed E-state index contributed by atoms with van der Waals surface area (Å²) < 4.78 is 9.92. The number of hydrogen-bond acceptors (Lipinski definition) is 7. The van der Waals surface area contributed by atoms with Gasteiger partial charge >= 0.3 is 11.9 Å². The Balaban J connectivity index is 2.20. The number of nitrogens with zero attached hydrogens (tertiary/aromatic N) is 2. The lowest BCUT2D eigenvalue weighted by atomic mass is 9.81. The van der Waals surface area contributed by atoms with Crippen LogP contribution in [0.4, 0.5) is 0 Å². The van der Waals surface area contributed by atoms with Crippen molar-refractivity contribution in [2.45, 2.75) is 45.3 Å². The van der Waals surface area contributed by atoms with Crippen molar-refractivity contribution in [1.82, 2.24) is 10.0 Å². The normalized spacial score (nSPS) is 19.7. The number of carbonyl (C=O) groups is 4. The van der Waals surface area contributed by atoms with Gasteiger partial charge in [0.15, 0.2) is 11.3 Å². The molecule has 1 aliphatic heterocycles. The molecule has 1 atom stereocenters. The number of Topliss-reactive ketones (excluding diaryl/α,β-unsaturated/α-hetero) is 1. The van der Waals surface area contributed by atoms with Gasteiger partial charge in [0.05, 0.1) is 19.8 Å². The minimum absolute atomic E-state index is 0.238. The predicted octanol–water partition coefficient (Wildman–Crippen LogP) is 2.75. The van der Waals surface area contributed by atoms with E-state index in [2.05, 4.69) is 0 Å². The molecule has 1 heterocycles. The molecule has 2 aromatic carbocycles. The van der Waals surface area contributed by atoms with E-state index in [0.29, 0.717) is 16.5 Å². The second-order valence-electron chi connectivity index (χ2n) is 8.67. The van der Waals surface area contributed by atoms with E-state index in [1.807, 2.05) is 39.8 Å². The van der Waals surface area contributed by atoms with Gasteiger partial charge in [0, 0.05) is 23.2 Å². The number of benzene rings is 2. The van der Waals surface area contributed by atoms with Crippen LogP contribution in [0, 0.1) is 0 Å². The van der Waals surface area contributed by atoms with Gasteiger partial charge < -0.3 is 9.47 Å². The fourth-order valence-electron chi connectivity index (χ4n) is 5.24. The number of amides is 1. The maximum Gasteiger partial charge on any atom is 0.344 e. The molecular formula is C25H26N2O6. The van der Waals surface area contributed by atoms with E-state index in [4.69, 9.17) is 9.47 Å². The molecule has 8 heteroatoms. The molecule has 33 heavy (non-hydrogen) atoms. The van der Waals surface area contributed by atoms with Gasteiger partial charge in [-0.1, -0.05) is 36.4 Å². The van der Waals surface area contributed by atoms with Gasteiger partial charge in [-0.2, -0.15) is 0 Å². The van der Waals surface area contributed by atoms with Crippen LogP contribution in [0.25, 0.3) is 10.8 Å². The number of hydrogen-bond donors (Lipinski definition) is 0. The van der Waals surface area contributed by atoms with Crippen molar-refractivity contribution < 1.29 is 28.7 Å². The first kappa shape index (κ1) is 22.7. The number of fused-ring (bicyclic) bond motifs is 1. The summed E-state index contributed by atoms with van der Waals surface area (Å²) in [6.45, 7) is 7.51. The fourth-order valence-corrected chi connectivity index (χ4v) is 5.24. The topological polar surface area (TPSA) is 93.2 Å². The van der Waals surface area contributed by atoms with Crippen molar-refractivity contribution in [3.05, 3.63) is 58.7 Å². The average Bonchev–Trinajstić information content (AvgIpc) is 3.19. The molecular weight excluding hydrogens is 424 g/mol. The fraction of sp³-hybridized carbons (Fsp3) is 0.360. The van der Waals surface area contributed by atoms with Crippen LogP contribution in [0.3, 0.4) is 0 Å². The van der Waals surface area contributed by atoms with Crippen LogP contribution in [0.15, 0.2) is 47.5 Å². The molecule has 1 spiro atoms. The molecule has 2 aromatic rings. The summed E-state index contributed by atoms with van der Waals surface area (Å²) in [5.41, 5.74) is -1.86. The summed E-state index contributed by atoms with van der Waals surface area (Å²) >= 11 is 0. The number of ketones is 1. The Morgan fingerprint density at radius 2 is 1.48 bits per heavy atom. The Morgan fingerprint density at radius 3 is 2.03 bits per heavy atom. The molecule has 0 fully saturated rings. The zero-order valence-electron chi connectivity index (χ0n) is 19.5. The van der Waals surface area contributed by atoms with E-state index in [1.165, 1.54) is 5.01 Å². The monoisotopic (exact) mass is 450 g/mol. The minimum Gasteiger partial charge on any atom is -0.466 e. The van der Waals surface area contributed by atoms with E-state index < -0.39 is 34.7 Å². The number of hydrazine groups is 1. The van der Waals surface area contributed by atoms with Gasteiger partial charge in [-0.15, -0.1) is 0 Å². The third-order valence-corrected chi connectivity index (χ3v) is 6.27. The van der Waals surface area contributed by atoms with Crippen molar-refractivity contribution >= 4 is 34.4 Å². The molecule has 0 saturated heterocycles. The van der Waals surface area contributed by atoms with Crippen LogP contribution < -0.4 is 0 Å². The maximum atomic E-state index is 14.3. The molecule has 0 bridgehead atoms. The van der Waals surface area contributed by atoms with Gasteiger partial charge in [-0.25, -0.2) is 19.6 Å². The molecule has 0 radical (unpaired) electrons. The molecule has 1 amide bonds. The van der Waals surface area contributed by atoms with Crippen molar-refractivity contribution in [2.24, 2.45) is 0 Å². The summed E-state index contributed by atoms with van der Waals surface area (Å²) in [6.07, 6.45) is 0. The number of ether oxygens (including phenoxy) is 2. The number of carbonyl (C=O) groups excluding carboxylic acids is 4. The Labute approximate surface area is 191 Å². The van der Waals surface area contributed by atoms with Gasteiger partial charge in [-0.3, -0.25) is 9.59 Å². The molecule has 8 nitrogen and oxygen atoms in total. The maximum absolute atomic E-state index is 14.3. The summed E-state index contributed by atoms with van der Waals surface area (Å²) in [6, 6.07) is 10.2. The van der Waals surface area contributed by atoms with E-state index in [-0.39, 0.29) is 17.7 Å². The number of rotatable bonds is 5. The highest BCUT2D eigenvalue weighted by atomic mass is 16.5. The highest BCUT2D eigenvalue weighted by molar-refractivity contribution is 6.33. The Bertz CT molecular complexity index is 1230. The minimum atomic E-state index is -1.88. The molecule has 0 N–H and O–H groups in total. The second kappa shape index (κ2) is 7.81. The van der Waals surface area contributed by atoms with Crippen LogP contribution in [-0.2, 0) is 29.4 Å². The summed E-state index contributed by atoms with van der Waals surface area (Å²) in [5, 5.41) is 4.43. The molecule has 0 saturated carbocycles. The summed E-state index contributed by atoms with van der Waals surface area (Å²) in [7, 11) is 2.28. The van der Waals surface area contributed by atoms with Crippen LogP contribution in [0.1, 0.15) is 43.6 Å². The highest BCUT2D eigenvalue weighted by Gasteiger charge is 2.67. The highest BCUT2D eigenvalue weighted by Crippen LogP contribution is 2.54. The van der Waals surface area contributed by atoms with Crippen molar-refractivity contribution in [3.63, 3.8) is 0 Å². The van der Waals surface area contributed by atoms with Crippen LogP contribution >= 0.6 is 0 Å². The lowest BCUT2D eigenvalue weighted by Gasteiger charge is -2.46.